The lowest BCUT2D eigenvalue weighted by Crippen LogP contribution is -2.27. The largest absolute Gasteiger partial charge is 0.491 e. The van der Waals surface area contributed by atoms with Gasteiger partial charge < -0.3 is 14.2 Å². The van der Waals surface area contributed by atoms with Gasteiger partial charge in [0.25, 0.3) is 0 Å². The van der Waals surface area contributed by atoms with Crippen LogP contribution in [0.1, 0.15) is 26.3 Å². The van der Waals surface area contributed by atoms with Crippen LogP contribution in [-0.4, -0.2) is 18.3 Å². The minimum absolute atomic E-state index is 0.144. The maximum atomic E-state index is 13.4. The zero-order valence-electron chi connectivity index (χ0n) is 14.7. The Morgan fingerprint density at radius 3 is 2.58 bits per heavy atom. The van der Waals surface area contributed by atoms with Crippen LogP contribution in [0.5, 0.6) is 17.2 Å². The van der Waals surface area contributed by atoms with Crippen molar-refractivity contribution in [2.24, 2.45) is 0 Å². The molecule has 2 aromatic carbocycles. The quantitative estimate of drug-likeness (QED) is 0.830. The van der Waals surface area contributed by atoms with Crippen LogP contribution in [0.2, 0.25) is 0 Å². The molecule has 26 heavy (non-hydrogen) atoms. The molecule has 5 nitrogen and oxygen atoms in total. The van der Waals surface area contributed by atoms with Crippen LogP contribution in [0.25, 0.3) is 0 Å². The van der Waals surface area contributed by atoms with Crippen molar-refractivity contribution in [1.29, 1.82) is 0 Å². The Labute approximate surface area is 149 Å². The van der Waals surface area contributed by atoms with Gasteiger partial charge in [0, 0.05) is 24.1 Å². The van der Waals surface area contributed by atoms with Gasteiger partial charge in [-0.15, -0.1) is 0 Å². The Balaban J connectivity index is 1.86. The van der Waals surface area contributed by atoms with Crippen molar-refractivity contribution in [2.45, 2.75) is 32.8 Å². The average Bonchev–Trinajstić information content (AvgIpc) is 2.98. The van der Waals surface area contributed by atoms with E-state index in [9.17, 15) is 13.6 Å². The second-order valence-corrected chi connectivity index (χ2v) is 6.86. The third kappa shape index (κ3) is 4.22. The number of carbonyl (C=O) groups is 1. The molecule has 1 aliphatic rings. The molecule has 0 atom stereocenters. The first-order valence-electron chi connectivity index (χ1n) is 8.14. The van der Waals surface area contributed by atoms with E-state index in [1.807, 2.05) is 0 Å². The second kappa shape index (κ2) is 6.82. The average molecular weight is 363 g/mol. The molecule has 3 rings (SSSR count). The van der Waals surface area contributed by atoms with Crippen LogP contribution in [0, 0.1) is 11.6 Å². The van der Waals surface area contributed by atoms with Crippen molar-refractivity contribution in [1.82, 2.24) is 0 Å². The number of benzene rings is 2. The van der Waals surface area contributed by atoms with Crippen LogP contribution in [0.3, 0.4) is 0 Å². The Kier molecular flexibility index (Phi) is 4.71. The molecule has 0 saturated heterocycles. The molecule has 0 saturated carbocycles. The summed E-state index contributed by atoms with van der Waals surface area (Å²) in [4.78, 5) is 12.1. The Morgan fingerprint density at radius 1 is 1.12 bits per heavy atom. The predicted octanol–water partition coefficient (Wildman–Crippen LogP) is 5.04. The van der Waals surface area contributed by atoms with E-state index in [-0.39, 0.29) is 5.75 Å². The molecule has 0 fully saturated rings. The second-order valence-electron chi connectivity index (χ2n) is 6.86. The molecule has 0 aliphatic carbocycles. The molecule has 1 aliphatic heterocycles. The highest BCUT2D eigenvalue weighted by Gasteiger charge is 2.23. The summed E-state index contributed by atoms with van der Waals surface area (Å²) >= 11 is 0. The summed E-state index contributed by atoms with van der Waals surface area (Å²) in [6, 6.07) is 6.56. The number of halogens is 2. The number of ether oxygens (including phenoxy) is 3. The Hall–Kier alpha value is -2.83. The summed E-state index contributed by atoms with van der Waals surface area (Å²) in [6.07, 6.45) is 0.0213. The topological polar surface area (TPSA) is 56.8 Å². The zero-order chi connectivity index (χ0) is 18.9. The third-order valence-electron chi connectivity index (χ3n) is 3.52. The minimum atomic E-state index is -1.00. The van der Waals surface area contributed by atoms with Crippen molar-refractivity contribution < 1.29 is 27.8 Å². The van der Waals surface area contributed by atoms with Crippen LogP contribution in [0.15, 0.2) is 30.3 Å². The Bertz CT molecular complexity index is 846. The molecule has 138 valence electrons. The van der Waals surface area contributed by atoms with E-state index in [1.54, 1.807) is 32.9 Å². The van der Waals surface area contributed by atoms with Crippen molar-refractivity contribution in [3.63, 3.8) is 0 Å². The molecule has 1 N–H and O–H groups in total. The number of hydrogen-bond acceptors (Lipinski definition) is 4. The lowest BCUT2D eigenvalue weighted by molar-refractivity contribution is 0.0635. The predicted molar refractivity (Wildman–Crippen MR) is 91.9 cm³/mol. The molecule has 0 unspecified atom stereocenters. The molecular formula is C19H19F2NO4. The van der Waals surface area contributed by atoms with E-state index in [0.29, 0.717) is 30.2 Å². The fourth-order valence-electron chi connectivity index (χ4n) is 2.52. The van der Waals surface area contributed by atoms with E-state index in [2.05, 4.69) is 5.32 Å². The molecule has 0 aromatic heterocycles. The standard InChI is InChI=1S/C19H19F2NO4/c1-19(2,3)26-18(23)22-16-10-13(8-11-6-7-24-17(11)16)25-12-4-5-14(20)15(21)9-12/h4-5,8-10H,6-7H2,1-3H3,(H,22,23). The van der Waals surface area contributed by atoms with E-state index in [1.165, 1.54) is 6.07 Å². The normalized spacial score (nSPS) is 13.0. The molecule has 1 amide bonds. The monoisotopic (exact) mass is 363 g/mol. The summed E-state index contributed by atoms with van der Waals surface area (Å²) in [5.41, 5.74) is 0.594. The number of carbonyl (C=O) groups excluding carboxylic acids is 1. The van der Waals surface area contributed by atoms with Crippen LogP contribution in [0.4, 0.5) is 19.3 Å². The molecule has 0 radical (unpaired) electrons. The van der Waals surface area contributed by atoms with E-state index in [0.717, 1.165) is 17.7 Å². The van der Waals surface area contributed by atoms with Crippen LogP contribution in [-0.2, 0) is 11.2 Å². The van der Waals surface area contributed by atoms with Gasteiger partial charge in [0.15, 0.2) is 11.6 Å². The SMILES string of the molecule is CC(C)(C)OC(=O)Nc1cc(Oc2ccc(F)c(F)c2)cc2c1OCC2. The maximum Gasteiger partial charge on any atom is 0.412 e. The van der Waals surface area contributed by atoms with Gasteiger partial charge in [-0.1, -0.05) is 0 Å². The first-order valence-corrected chi connectivity index (χ1v) is 8.14. The smallest absolute Gasteiger partial charge is 0.412 e. The fraction of sp³-hybridized carbons (Fsp3) is 0.316. The van der Waals surface area contributed by atoms with Crippen molar-refractivity contribution in [2.75, 3.05) is 11.9 Å². The van der Waals surface area contributed by atoms with Gasteiger partial charge in [0.2, 0.25) is 0 Å². The molecule has 1 heterocycles. The zero-order valence-corrected chi connectivity index (χ0v) is 14.7. The van der Waals surface area contributed by atoms with Crippen LogP contribution < -0.4 is 14.8 Å². The number of fused-ring (bicyclic) bond motifs is 1. The highest BCUT2D eigenvalue weighted by atomic mass is 19.2. The first kappa shape index (κ1) is 18.0. The van der Waals surface area contributed by atoms with E-state index in [4.69, 9.17) is 14.2 Å². The van der Waals surface area contributed by atoms with Gasteiger partial charge in [-0.2, -0.15) is 0 Å². The van der Waals surface area contributed by atoms with Crippen molar-refractivity contribution in [3.05, 3.63) is 47.5 Å². The number of hydrogen-bond donors (Lipinski definition) is 1. The van der Waals surface area contributed by atoms with Gasteiger partial charge in [-0.3, -0.25) is 5.32 Å². The van der Waals surface area contributed by atoms with Gasteiger partial charge in [-0.25, -0.2) is 13.6 Å². The maximum absolute atomic E-state index is 13.4. The number of amides is 1. The summed E-state index contributed by atoms with van der Waals surface area (Å²) in [7, 11) is 0. The molecule has 2 aromatic rings. The molecule has 0 bridgehead atoms. The first-order chi connectivity index (χ1) is 12.2. The van der Waals surface area contributed by atoms with Crippen molar-refractivity contribution in [3.8, 4) is 17.2 Å². The number of nitrogens with one attached hydrogen (secondary N) is 1. The minimum Gasteiger partial charge on any atom is -0.491 e. The third-order valence-corrected chi connectivity index (χ3v) is 3.52. The lowest BCUT2D eigenvalue weighted by atomic mass is 10.1. The highest BCUT2D eigenvalue weighted by Crippen LogP contribution is 2.39. The number of rotatable bonds is 3. The lowest BCUT2D eigenvalue weighted by Gasteiger charge is -2.20. The summed E-state index contributed by atoms with van der Waals surface area (Å²) < 4.78 is 42.8. The van der Waals surface area contributed by atoms with E-state index < -0.39 is 23.3 Å². The van der Waals surface area contributed by atoms with Gasteiger partial charge >= 0.3 is 6.09 Å². The number of anilines is 1. The summed E-state index contributed by atoms with van der Waals surface area (Å²) in [5, 5.41) is 2.65. The van der Waals surface area contributed by atoms with E-state index >= 15 is 0 Å². The van der Waals surface area contributed by atoms with Gasteiger partial charge in [0.05, 0.1) is 12.3 Å². The van der Waals surface area contributed by atoms with Gasteiger partial charge in [0.1, 0.15) is 22.8 Å². The van der Waals surface area contributed by atoms with Crippen molar-refractivity contribution >= 4 is 11.8 Å². The molecule has 7 heteroatoms. The molecule has 0 spiro atoms. The van der Waals surface area contributed by atoms with Gasteiger partial charge in [-0.05, 0) is 39.0 Å². The highest BCUT2D eigenvalue weighted by molar-refractivity contribution is 5.88. The summed E-state index contributed by atoms with van der Waals surface area (Å²) in [6.45, 7) is 5.76. The van der Waals surface area contributed by atoms with Crippen LogP contribution >= 0.6 is 0 Å². The Morgan fingerprint density at radius 2 is 1.88 bits per heavy atom. The summed E-state index contributed by atoms with van der Waals surface area (Å²) in [5.74, 6) is -0.892. The molecular weight excluding hydrogens is 344 g/mol. The fourth-order valence-corrected chi connectivity index (χ4v) is 2.52.